The molecular formula is C24H29BrN4O4. The van der Waals surface area contributed by atoms with Gasteiger partial charge in [-0.05, 0) is 98.8 Å². The molecule has 0 radical (unpaired) electrons. The fourth-order valence-electron chi connectivity index (χ4n) is 3.63. The Morgan fingerprint density at radius 3 is 2.27 bits per heavy atom. The van der Waals surface area contributed by atoms with Crippen molar-refractivity contribution in [2.24, 2.45) is 0 Å². The smallest absolute Gasteiger partial charge is 0.407 e. The molecule has 0 spiro atoms. The van der Waals surface area contributed by atoms with E-state index in [1.165, 1.54) is 0 Å². The van der Waals surface area contributed by atoms with Crippen LogP contribution in [0.15, 0.2) is 47.1 Å². The number of rotatable bonds is 5. The summed E-state index contributed by atoms with van der Waals surface area (Å²) in [7, 11) is 0. The topological polar surface area (TPSA) is 109 Å². The van der Waals surface area contributed by atoms with Gasteiger partial charge in [0.25, 0.3) is 11.8 Å². The van der Waals surface area contributed by atoms with Crippen molar-refractivity contribution in [3.63, 3.8) is 0 Å². The molecule has 0 unspecified atom stereocenters. The number of hydrogen-bond donors (Lipinski definition) is 3. The number of nitrogens with one attached hydrogen (secondary N) is 3. The lowest BCUT2D eigenvalue weighted by molar-refractivity contribution is 0.0489. The number of nitrogens with zero attached hydrogens (tertiary/aromatic N) is 1. The van der Waals surface area contributed by atoms with Gasteiger partial charge in [0.2, 0.25) is 0 Å². The Kier molecular flexibility index (Phi) is 8.07. The van der Waals surface area contributed by atoms with Gasteiger partial charge in [0.1, 0.15) is 15.9 Å². The molecule has 0 aliphatic heterocycles. The molecule has 3 N–H and O–H groups in total. The summed E-state index contributed by atoms with van der Waals surface area (Å²) in [6, 6.07) is 11.7. The number of anilines is 1. The zero-order chi connectivity index (χ0) is 24.0. The van der Waals surface area contributed by atoms with E-state index in [0.717, 1.165) is 19.3 Å². The molecule has 1 fully saturated rings. The van der Waals surface area contributed by atoms with Crippen molar-refractivity contribution < 1.29 is 19.1 Å². The molecule has 3 amide bonds. The van der Waals surface area contributed by atoms with Gasteiger partial charge in [-0.1, -0.05) is 6.07 Å². The third kappa shape index (κ3) is 7.85. The van der Waals surface area contributed by atoms with Crippen LogP contribution in [0.2, 0.25) is 0 Å². The summed E-state index contributed by atoms with van der Waals surface area (Å²) in [4.78, 5) is 41.2. The fourth-order valence-corrected chi connectivity index (χ4v) is 3.97. The Morgan fingerprint density at radius 2 is 1.64 bits per heavy atom. The lowest BCUT2D eigenvalue weighted by Crippen LogP contribution is -2.46. The normalized spacial score (nSPS) is 18.2. The van der Waals surface area contributed by atoms with Gasteiger partial charge in [0.15, 0.2) is 0 Å². The molecule has 1 aromatic carbocycles. The van der Waals surface area contributed by atoms with Crippen LogP contribution in [0.3, 0.4) is 0 Å². The number of carbonyl (C=O) groups is 3. The van der Waals surface area contributed by atoms with Gasteiger partial charge in [-0.3, -0.25) is 9.59 Å². The molecule has 1 heterocycles. The van der Waals surface area contributed by atoms with Crippen LogP contribution in [0, 0.1) is 0 Å². The highest BCUT2D eigenvalue weighted by Crippen LogP contribution is 2.20. The van der Waals surface area contributed by atoms with Crippen LogP contribution in [-0.2, 0) is 4.74 Å². The van der Waals surface area contributed by atoms with E-state index in [0.29, 0.717) is 22.3 Å². The van der Waals surface area contributed by atoms with Gasteiger partial charge in [-0.2, -0.15) is 0 Å². The molecule has 33 heavy (non-hydrogen) atoms. The standard InChI is InChI=1S/C24H29BrN4O4/c1-24(2,3)33-23(32)28-18-7-4-6-17(14-18)27-21(30)15-10-12-16(13-11-15)26-22(31)19-8-5-9-20(25)29-19/h5,8-13,17-18H,4,6-7,14H2,1-3H3,(H,26,31)(H,27,30)(H,28,32)/t17-,18+/m1/s1. The minimum Gasteiger partial charge on any atom is -0.444 e. The zero-order valence-corrected chi connectivity index (χ0v) is 20.6. The highest BCUT2D eigenvalue weighted by Gasteiger charge is 2.26. The zero-order valence-electron chi connectivity index (χ0n) is 19.0. The molecule has 1 aliphatic carbocycles. The molecule has 1 saturated carbocycles. The Balaban J connectivity index is 1.51. The van der Waals surface area contributed by atoms with Crippen molar-refractivity contribution in [2.75, 3.05) is 5.32 Å². The summed E-state index contributed by atoms with van der Waals surface area (Å²) >= 11 is 3.25. The first kappa shape index (κ1) is 24.7. The Hall–Kier alpha value is -2.94. The first-order chi connectivity index (χ1) is 15.6. The van der Waals surface area contributed by atoms with Gasteiger partial charge in [0.05, 0.1) is 0 Å². The minimum atomic E-state index is -0.549. The van der Waals surface area contributed by atoms with Crippen LogP contribution in [-0.4, -0.2) is 40.6 Å². The lowest BCUT2D eigenvalue weighted by atomic mass is 9.91. The maximum Gasteiger partial charge on any atom is 0.407 e. The van der Waals surface area contributed by atoms with Crippen molar-refractivity contribution in [1.82, 2.24) is 15.6 Å². The molecule has 0 bridgehead atoms. The number of hydrogen-bond acceptors (Lipinski definition) is 5. The number of aromatic nitrogens is 1. The number of alkyl carbamates (subject to hydrolysis) is 1. The molecule has 0 saturated heterocycles. The second-order valence-electron chi connectivity index (χ2n) is 9.06. The van der Waals surface area contributed by atoms with E-state index in [-0.39, 0.29) is 29.6 Å². The quantitative estimate of drug-likeness (QED) is 0.500. The highest BCUT2D eigenvalue weighted by atomic mass is 79.9. The van der Waals surface area contributed by atoms with E-state index in [1.807, 2.05) is 20.8 Å². The summed E-state index contributed by atoms with van der Waals surface area (Å²) in [5.41, 5.74) is 0.804. The maximum atomic E-state index is 12.7. The van der Waals surface area contributed by atoms with Gasteiger partial charge in [0, 0.05) is 23.3 Å². The molecule has 1 aliphatic rings. The fraction of sp³-hybridized carbons (Fsp3) is 0.417. The monoisotopic (exact) mass is 516 g/mol. The summed E-state index contributed by atoms with van der Waals surface area (Å²) in [5, 5.41) is 8.71. The molecular weight excluding hydrogens is 488 g/mol. The Labute approximate surface area is 202 Å². The maximum absolute atomic E-state index is 12.7. The number of ether oxygens (including phenoxy) is 1. The molecule has 3 rings (SSSR count). The Bertz CT molecular complexity index is 1000. The van der Waals surface area contributed by atoms with Crippen LogP contribution in [0.5, 0.6) is 0 Å². The van der Waals surface area contributed by atoms with E-state index in [1.54, 1.807) is 42.5 Å². The first-order valence-electron chi connectivity index (χ1n) is 10.9. The SMILES string of the molecule is CC(C)(C)OC(=O)N[C@H]1CCC[C@@H](NC(=O)c2ccc(NC(=O)c3cccc(Br)n3)cc2)C1. The van der Waals surface area contributed by atoms with Crippen LogP contribution < -0.4 is 16.0 Å². The highest BCUT2D eigenvalue weighted by molar-refractivity contribution is 9.10. The van der Waals surface area contributed by atoms with Gasteiger partial charge in [-0.25, -0.2) is 9.78 Å². The first-order valence-corrected chi connectivity index (χ1v) is 11.7. The number of amides is 3. The molecule has 1 aromatic heterocycles. The van der Waals surface area contributed by atoms with Crippen molar-refractivity contribution in [3.05, 3.63) is 58.3 Å². The van der Waals surface area contributed by atoms with E-state index in [4.69, 9.17) is 4.74 Å². The number of benzene rings is 1. The minimum absolute atomic E-state index is 0.0341. The van der Waals surface area contributed by atoms with E-state index in [2.05, 4.69) is 36.9 Å². The lowest BCUT2D eigenvalue weighted by Gasteiger charge is -2.31. The molecule has 2 aromatic rings. The number of carbonyl (C=O) groups excluding carboxylic acids is 3. The van der Waals surface area contributed by atoms with Gasteiger partial charge < -0.3 is 20.7 Å². The molecule has 9 heteroatoms. The van der Waals surface area contributed by atoms with Crippen LogP contribution in [0.4, 0.5) is 10.5 Å². The van der Waals surface area contributed by atoms with Gasteiger partial charge in [-0.15, -0.1) is 0 Å². The van der Waals surface area contributed by atoms with Crippen LogP contribution >= 0.6 is 15.9 Å². The van der Waals surface area contributed by atoms with Gasteiger partial charge >= 0.3 is 6.09 Å². The predicted octanol–water partition coefficient (Wildman–Crippen LogP) is 4.66. The largest absolute Gasteiger partial charge is 0.444 e. The second kappa shape index (κ2) is 10.8. The van der Waals surface area contributed by atoms with Crippen molar-refractivity contribution in [1.29, 1.82) is 0 Å². The molecule has 2 atom stereocenters. The van der Waals surface area contributed by atoms with E-state index >= 15 is 0 Å². The second-order valence-corrected chi connectivity index (χ2v) is 9.87. The third-order valence-corrected chi connectivity index (χ3v) is 5.52. The number of halogens is 1. The average Bonchev–Trinajstić information content (AvgIpc) is 2.73. The molecule has 8 nitrogen and oxygen atoms in total. The summed E-state index contributed by atoms with van der Waals surface area (Å²) in [6.07, 6.45) is 2.83. The summed E-state index contributed by atoms with van der Waals surface area (Å²) < 4.78 is 5.90. The van der Waals surface area contributed by atoms with Crippen molar-refractivity contribution in [2.45, 2.75) is 64.1 Å². The van der Waals surface area contributed by atoms with Crippen LogP contribution in [0.25, 0.3) is 0 Å². The van der Waals surface area contributed by atoms with Crippen LogP contribution in [0.1, 0.15) is 67.3 Å². The summed E-state index contributed by atoms with van der Waals surface area (Å²) in [6.45, 7) is 5.47. The Morgan fingerprint density at radius 1 is 0.970 bits per heavy atom. The third-order valence-electron chi connectivity index (χ3n) is 5.08. The molecule has 176 valence electrons. The van der Waals surface area contributed by atoms with Crippen molar-refractivity contribution in [3.8, 4) is 0 Å². The van der Waals surface area contributed by atoms with E-state index in [9.17, 15) is 14.4 Å². The number of pyridine rings is 1. The van der Waals surface area contributed by atoms with Crippen molar-refractivity contribution >= 4 is 39.5 Å². The average molecular weight is 517 g/mol. The predicted molar refractivity (Wildman–Crippen MR) is 129 cm³/mol. The van der Waals surface area contributed by atoms with E-state index < -0.39 is 11.7 Å². The summed E-state index contributed by atoms with van der Waals surface area (Å²) in [5.74, 6) is -0.524.